The van der Waals surface area contributed by atoms with Crippen molar-refractivity contribution in [1.82, 2.24) is 4.98 Å². The largest absolute Gasteiger partial charge is 0.495 e. The molecule has 4 aromatic rings. The highest BCUT2D eigenvalue weighted by atomic mass is 35.5. The summed E-state index contributed by atoms with van der Waals surface area (Å²) in [5.41, 5.74) is 5.47. The van der Waals surface area contributed by atoms with Crippen LogP contribution in [0, 0.1) is 11.3 Å². The summed E-state index contributed by atoms with van der Waals surface area (Å²) in [7, 11) is 1.53. The van der Waals surface area contributed by atoms with Crippen LogP contribution in [0.15, 0.2) is 60.8 Å². The van der Waals surface area contributed by atoms with Gasteiger partial charge in [-0.05, 0) is 28.8 Å². The third-order valence-electron chi connectivity index (χ3n) is 4.93. The van der Waals surface area contributed by atoms with Gasteiger partial charge in [-0.25, -0.2) is 0 Å². The SMILES string of the molecule is COc1cc(Nc2c(C#N)cnc3cc(-c4ccc(CCl)cc4)ccc23)c(Cl)cc1Cl. The second-order valence-electron chi connectivity index (χ2n) is 6.81. The number of pyridine rings is 1. The molecule has 1 N–H and O–H groups in total. The number of nitrogens with one attached hydrogen (secondary N) is 1. The van der Waals surface area contributed by atoms with Crippen molar-refractivity contribution in [2.75, 3.05) is 12.4 Å². The molecule has 0 aliphatic rings. The molecule has 3 aromatic carbocycles. The van der Waals surface area contributed by atoms with Crippen molar-refractivity contribution in [2.24, 2.45) is 0 Å². The Morgan fingerprint density at radius 1 is 1.00 bits per heavy atom. The lowest BCUT2D eigenvalue weighted by Crippen LogP contribution is -1.98. The Morgan fingerprint density at radius 3 is 2.42 bits per heavy atom. The first-order chi connectivity index (χ1) is 15.0. The number of anilines is 2. The molecule has 0 bridgehead atoms. The van der Waals surface area contributed by atoms with Crippen LogP contribution < -0.4 is 10.1 Å². The van der Waals surface area contributed by atoms with E-state index in [0.29, 0.717) is 38.6 Å². The fraction of sp³-hybridized carbons (Fsp3) is 0.0833. The van der Waals surface area contributed by atoms with E-state index >= 15 is 0 Å². The van der Waals surface area contributed by atoms with Gasteiger partial charge in [-0.3, -0.25) is 4.98 Å². The Kier molecular flexibility index (Phi) is 6.20. The maximum Gasteiger partial charge on any atom is 0.139 e. The number of aromatic nitrogens is 1. The summed E-state index contributed by atoms with van der Waals surface area (Å²) in [4.78, 5) is 4.48. The number of hydrogen-bond acceptors (Lipinski definition) is 4. The summed E-state index contributed by atoms with van der Waals surface area (Å²) >= 11 is 18.4. The highest BCUT2D eigenvalue weighted by Gasteiger charge is 2.14. The molecule has 0 amide bonds. The van der Waals surface area contributed by atoms with Gasteiger partial charge in [-0.2, -0.15) is 5.26 Å². The molecule has 0 aliphatic carbocycles. The minimum absolute atomic E-state index is 0.400. The molecule has 31 heavy (non-hydrogen) atoms. The zero-order chi connectivity index (χ0) is 22.0. The standard InChI is InChI=1S/C24H16Cl3N3O/c1-31-23-10-22(19(26)9-20(23)27)30-24-17(12-28)13-29-21-8-16(6-7-18(21)24)15-4-2-14(11-25)3-5-15/h2-10,13H,11H2,1H3,(H,29,30). The topological polar surface area (TPSA) is 57.9 Å². The van der Waals surface area contributed by atoms with Crippen molar-refractivity contribution in [3.63, 3.8) is 0 Å². The van der Waals surface area contributed by atoms with Gasteiger partial charge in [0.05, 0.1) is 39.6 Å². The van der Waals surface area contributed by atoms with E-state index in [2.05, 4.69) is 16.4 Å². The molecule has 0 saturated carbocycles. The average molecular weight is 469 g/mol. The smallest absolute Gasteiger partial charge is 0.139 e. The van der Waals surface area contributed by atoms with E-state index in [1.54, 1.807) is 18.3 Å². The first kappa shape index (κ1) is 21.3. The molecular formula is C24H16Cl3N3O. The van der Waals surface area contributed by atoms with Crippen molar-refractivity contribution in [3.8, 4) is 22.9 Å². The first-order valence-electron chi connectivity index (χ1n) is 9.32. The monoisotopic (exact) mass is 467 g/mol. The van der Waals surface area contributed by atoms with Crippen LogP contribution in [0.4, 0.5) is 11.4 Å². The molecule has 0 saturated heterocycles. The zero-order valence-electron chi connectivity index (χ0n) is 16.4. The molecule has 154 valence electrons. The molecule has 0 atom stereocenters. The zero-order valence-corrected chi connectivity index (χ0v) is 18.7. The fourth-order valence-corrected chi connectivity index (χ4v) is 3.98. The minimum Gasteiger partial charge on any atom is -0.495 e. The first-order valence-corrected chi connectivity index (χ1v) is 10.6. The Hall–Kier alpha value is -2.97. The van der Waals surface area contributed by atoms with Crippen LogP contribution >= 0.6 is 34.8 Å². The summed E-state index contributed by atoms with van der Waals surface area (Å²) in [5, 5.41) is 14.5. The van der Waals surface area contributed by atoms with Gasteiger partial charge >= 0.3 is 0 Å². The van der Waals surface area contributed by atoms with E-state index < -0.39 is 0 Å². The van der Waals surface area contributed by atoms with Crippen molar-refractivity contribution in [1.29, 1.82) is 5.26 Å². The summed E-state index contributed by atoms with van der Waals surface area (Å²) in [6, 6.07) is 19.5. The number of methoxy groups -OCH3 is 1. The average Bonchev–Trinajstić information content (AvgIpc) is 2.80. The molecule has 0 radical (unpaired) electrons. The van der Waals surface area contributed by atoms with E-state index in [-0.39, 0.29) is 0 Å². The molecular weight excluding hydrogens is 453 g/mol. The predicted molar refractivity (Wildman–Crippen MR) is 128 cm³/mol. The van der Waals surface area contributed by atoms with Crippen molar-refractivity contribution in [3.05, 3.63) is 82.0 Å². The highest BCUT2D eigenvalue weighted by Crippen LogP contribution is 2.38. The Balaban J connectivity index is 1.80. The van der Waals surface area contributed by atoms with E-state index in [4.69, 9.17) is 39.5 Å². The number of fused-ring (bicyclic) bond motifs is 1. The molecule has 0 fully saturated rings. The summed E-state index contributed by atoms with van der Waals surface area (Å²) < 4.78 is 5.29. The quantitative estimate of drug-likeness (QED) is 0.307. The second kappa shape index (κ2) is 9.03. The molecule has 7 heteroatoms. The van der Waals surface area contributed by atoms with Crippen LogP contribution in [0.1, 0.15) is 11.1 Å². The normalized spacial score (nSPS) is 10.7. The van der Waals surface area contributed by atoms with Crippen LogP contribution in [0.2, 0.25) is 10.0 Å². The number of benzene rings is 3. The van der Waals surface area contributed by atoms with E-state index in [1.165, 1.54) is 7.11 Å². The van der Waals surface area contributed by atoms with Gasteiger partial charge in [0.15, 0.2) is 0 Å². The highest BCUT2D eigenvalue weighted by molar-refractivity contribution is 6.37. The number of nitrogens with zero attached hydrogens (tertiary/aromatic N) is 2. The van der Waals surface area contributed by atoms with Crippen LogP contribution in [0.5, 0.6) is 5.75 Å². The van der Waals surface area contributed by atoms with Gasteiger partial charge in [0.1, 0.15) is 11.8 Å². The van der Waals surface area contributed by atoms with Gasteiger partial charge in [0, 0.05) is 23.5 Å². The summed E-state index contributed by atoms with van der Waals surface area (Å²) in [6.45, 7) is 0. The lowest BCUT2D eigenvalue weighted by molar-refractivity contribution is 0.415. The van der Waals surface area contributed by atoms with Gasteiger partial charge in [0.25, 0.3) is 0 Å². The third kappa shape index (κ3) is 4.26. The predicted octanol–water partition coefficient (Wildman–Crippen LogP) is 7.57. The Labute approximate surface area is 195 Å². The van der Waals surface area contributed by atoms with E-state index in [0.717, 1.165) is 27.6 Å². The molecule has 4 nitrogen and oxygen atoms in total. The van der Waals surface area contributed by atoms with Crippen LogP contribution in [0.3, 0.4) is 0 Å². The molecule has 0 aliphatic heterocycles. The van der Waals surface area contributed by atoms with E-state index in [1.807, 2.05) is 42.5 Å². The van der Waals surface area contributed by atoms with Crippen LogP contribution in [-0.4, -0.2) is 12.1 Å². The van der Waals surface area contributed by atoms with Gasteiger partial charge in [0.2, 0.25) is 0 Å². The number of hydrogen-bond donors (Lipinski definition) is 1. The Morgan fingerprint density at radius 2 is 1.74 bits per heavy atom. The summed E-state index contributed by atoms with van der Waals surface area (Å²) in [6.07, 6.45) is 1.55. The number of rotatable bonds is 5. The van der Waals surface area contributed by atoms with Crippen molar-refractivity contribution < 1.29 is 4.74 Å². The lowest BCUT2D eigenvalue weighted by atomic mass is 10.0. The minimum atomic E-state index is 0.400. The van der Waals surface area contributed by atoms with Crippen LogP contribution in [0.25, 0.3) is 22.0 Å². The van der Waals surface area contributed by atoms with E-state index in [9.17, 15) is 5.26 Å². The third-order valence-corrected chi connectivity index (χ3v) is 5.85. The van der Waals surface area contributed by atoms with Crippen molar-refractivity contribution >= 4 is 57.1 Å². The Bertz CT molecular complexity index is 1310. The van der Waals surface area contributed by atoms with Crippen molar-refractivity contribution in [2.45, 2.75) is 5.88 Å². The van der Waals surface area contributed by atoms with Gasteiger partial charge in [-0.15, -0.1) is 11.6 Å². The fourth-order valence-electron chi connectivity index (χ4n) is 3.29. The van der Waals surface area contributed by atoms with Crippen LogP contribution in [-0.2, 0) is 5.88 Å². The second-order valence-corrected chi connectivity index (χ2v) is 7.89. The van der Waals surface area contributed by atoms with Gasteiger partial charge in [-0.1, -0.05) is 59.6 Å². The number of alkyl halides is 1. The summed E-state index contributed by atoms with van der Waals surface area (Å²) in [5.74, 6) is 0.955. The number of nitriles is 1. The maximum atomic E-state index is 9.63. The molecule has 0 unspecified atom stereocenters. The lowest BCUT2D eigenvalue weighted by Gasteiger charge is -2.15. The number of ether oxygens (including phenoxy) is 1. The number of halogens is 3. The molecule has 1 aromatic heterocycles. The molecule has 0 spiro atoms. The van der Waals surface area contributed by atoms with Gasteiger partial charge < -0.3 is 10.1 Å². The molecule has 1 heterocycles. The molecule has 4 rings (SSSR count). The maximum absolute atomic E-state index is 9.63.